The molecule has 1 unspecified atom stereocenters. The van der Waals surface area contributed by atoms with Crippen LogP contribution in [-0.2, 0) is 4.74 Å². The van der Waals surface area contributed by atoms with Gasteiger partial charge in [-0.2, -0.15) is 0 Å². The second kappa shape index (κ2) is 8.69. The molecule has 1 atom stereocenters. The predicted octanol–water partition coefficient (Wildman–Crippen LogP) is 7.59. The molecule has 3 nitrogen and oxygen atoms in total. The molecule has 1 saturated heterocycles. The summed E-state index contributed by atoms with van der Waals surface area (Å²) in [7, 11) is -1.90. The molecule has 0 N–H and O–H groups in total. The normalized spacial score (nSPS) is 21.7. The molecule has 174 valence electrons. The summed E-state index contributed by atoms with van der Waals surface area (Å²) in [5.74, 6) is -1.49. The zero-order valence-electron chi connectivity index (χ0n) is 20.1. The minimum absolute atomic E-state index is 0.0769. The van der Waals surface area contributed by atoms with Crippen LogP contribution in [0.15, 0.2) is 11.0 Å². The van der Waals surface area contributed by atoms with Crippen molar-refractivity contribution in [1.82, 2.24) is 4.90 Å². The van der Waals surface area contributed by atoms with E-state index in [-0.39, 0.29) is 17.6 Å². The summed E-state index contributed by atoms with van der Waals surface area (Å²) in [6.45, 7) is 17.9. The highest BCUT2D eigenvalue weighted by Crippen LogP contribution is 2.61. The number of ether oxygens (including phenoxy) is 1. The zero-order valence-corrected chi connectivity index (χ0v) is 22.0. The minimum Gasteiger partial charge on any atom is -0.444 e. The number of fused-ring (bicyclic) bond motifs is 1. The maximum Gasteiger partial charge on any atom is 0.410 e. The van der Waals surface area contributed by atoms with Gasteiger partial charge in [0.1, 0.15) is 12.8 Å². The van der Waals surface area contributed by atoms with E-state index in [1.165, 1.54) is 6.07 Å². The molecule has 31 heavy (non-hydrogen) atoms. The molecule has 3 rings (SSSR count). The molecule has 7 heteroatoms. The lowest BCUT2D eigenvalue weighted by atomic mass is 9.87. The Bertz CT molecular complexity index is 837. The van der Waals surface area contributed by atoms with Gasteiger partial charge in [0.15, 0.2) is 11.6 Å². The lowest BCUT2D eigenvalue weighted by Crippen LogP contribution is -2.41. The van der Waals surface area contributed by atoms with Crippen LogP contribution in [0.4, 0.5) is 13.6 Å². The van der Waals surface area contributed by atoms with Gasteiger partial charge in [-0.05, 0) is 67.8 Å². The van der Waals surface area contributed by atoms with Crippen LogP contribution in [0.25, 0.3) is 0 Å². The van der Waals surface area contributed by atoms with Crippen LogP contribution in [0.3, 0.4) is 0 Å². The highest BCUT2D eigenvalue weighted by atomic mass is 32.4. The van der Waals surface area contributed by atoms with Crippen LogP contribution in [0.5, 0.6) is 0 Å². The number of piperidine rings is 1. The summed E-state index contributed by atoms with van der Waals surface area (Å²) >= 11 is 1.89. The van der Waals surface area contributed by atoms with Crippen molar-refractivity contribution in [3.05, 3.63) is 28.8 Å². The Balaban J connectivity index is 1.91. The van der Waals surface area contributed by atoms with Crippen LogP contribution in [0.2, 0.25) is 11.1 Å². The number of hydrogen-bond donors (Lipinski definition) is 0. The van der Waals surface area contributed by atoms with E-state index in [9.17, 15) is 9.18 Å². The molecule has 0 bridgehead atoms. The van der Waals surface area contributed by atoms with E-state index in [0.29, 0.717) is 42.6 Å². The van der Waals surface area contributed by atoms with Crippen molar-refractivity contribution in [2.75, 3.05) is 13.1 Å². The van der Waals surface area contributed by atoms with Gasteiger partial charge < -0.3 is 9.64 Å². The fourth-order valence-electron chi connectivity index (χ4n) is 5.54. The molecule has 2 aliphatic heterocycles. The quantitative estimate of drug-likeness (QED) is 0.427. The molecule has 0 aliphatic carbocycles. The van der Waals surface area contributed by atoms with E-state index in [1.54, 1.807) is 4.90 Å². The van der Waals surface area contributed by atoms with E-state index in [2.05, 4.69) is 34.6 Å². The summed E-state index contributed by atoms with van der Waals surface area (Å²) in [5.41, 5.74) is 2.32. The monoisotopic (exact) mass is 469 g/mol. The van der Waals surface area contributed by atoms with E-state index in [1.807, 2.05) is 32.0 Å². The molecule has 1 aromatic carbocycles. The maximum atomic E-state index is 15.2. The number of likely N-dealkylation sites (tertiary alicyclic amines) is 1. The largest absolute Gasteiger partial charge is 0.444 e. The number of halogens is 2. The topological polar surface area (TPSA) is 29.5 Å². The Morgan fingerprint density at radius 2 is 1.71 bits per heavy atom. The molecule has 0 radical (unpaired) electrons. The van der Waals surface area contributed by atoms with Crippen LogP contribution >= 0.6 is 11.2 Å². The maximum absolute atomic E-state index is 15.2. The SMILES string of the molecule is CC(C)[Si]1(C(C)C)Sc2c(cc(F)c(F)c2C2CCN(C(=O)OC(C)(C)C)CC2)C1C. The number of carbonyl (C=O) groups excluding carboxylic acids is 1. The first kappa shape index (κ1) is 24.6. The summed E-state index contributed by atoms with van der Waals surface area (Å²) in [4.78, 5) is 15.1. The van der Waals surface area contributed by atoms with Crippen molar-refractivity contribution in [3.8, 4) is 0 Å². The van der Waals surface area contributed by atoms with Gasteiger partial charge in [-0.1, -0.05) is 34.6 Å². The summed E-state index contributed by atoms with van der Waals surface area (Å²) in [6.07, 6.45) is 0.919. The first-order valence-corrected chi connectivity index (χ1v) is 15.3. The molecular formula is C24H37F2NO2SSi. The Kier molecular flexibility index (Phi) is 6.89. The molecule has 1 aromatic rings. The first-order chi connectivity index (χ1) is 14.3. The molecule has 0 saturated carbocycles. The molecule has 2 heterocycles. The van der Waals surface area contributed by atoms with Crippen molar-refractivity contribution in [3.63, 3.8) is 0 Å². The van der Waals surface area contributed by atoms with Crippen LogP contribution < -0.4 is 0 Å². The first-order valence-electron chi connectivity index (χ1n) is 11.5. The van der Waals surface area contributed by atoms with Crippen LogP contribution in [0.1, 0.15) is 90.8 Å². The number of rotatable bonds is 3. The van der Waals surface area contributed by atoms with Crippen molar-refractivity contribution < 1.29 is 18.3 Å². The van der Waals surface area contributed by atoms with Gasteiger partial charge >= 0.3 is 6.09 Å². The average molecular weight is 470 g/mol. The van der Waals surface area contributed by atoms with Crippen LogP contribution in [-0.4, -0.2) is 36.9 Å². The Hall–Kier alpha value is -1.08. The molecule has 1 amide bonds. The van der Waals surface area contributed by atoms with E-state index < -0.39 is 24.5 Å². The molecule has 0 spiro atoms. The highest BCUT2D eigenvalue weighted by Gasteiger charge is 2.53. The minimum atomic E-state index is -1.90. The van der Waals surface area contributed by atoms with Crippen molar-refractivity contribution in [2.45, 2.75) is 101 Å². The fraction of sp³-hybridized carbons (Fsp3) is 0.708. The van der Waals surface area contributed by atoms with E-state index in [4.69, 9.17) is 4.74 Å². The lowest BCUT2D eigenvalue weighted by Gasteiger charge is -2.38. The third kappa shape index (κ3) is 4.41. The second-order valence-electron chi connectivity index (χ2n) is 10.7. The number of benzene rings is 1. The number of hydrogen-bond acceptors (Lipinski definition) is 3. The number of nitrogens with zero attached hydrogens (tertiary/aromatic N) is 1. The lowest BCUT2D eigenvalue weighted by molar-refractivity contribution is 0.0203. The number of amides is 1. The van der Waals surface area contributed by atoms with E-state index in [0.717, 1.165) is 10.5 Å². The van der Waals surface area contributed by atoms with Gasteiger partial charge in [0.2, 0.25) is 0 Å². The molecular weight excluding hydrogens is 432 g/mol. The van der Waals surface area contributed by atoms with Gasteiger partial charge in [0.25, 0.3) is 0 Å². The summed E-state index contributed by atoms with van der Waals surface area (Å²) in [5, 5.41) is 0. The molecule has 0 aromatic heterocycles. The van der Waals surface area contributed by atoms with E-state index >= 15 is 4.39 Å². The highest BCUT2D eigenvalue weighted by molar-refractivity contribution is 8.29. The summed E-state index contributed by atoms with van der Waals surface area (Å²) < 4.78 is 35.5. The fourth-order valence-corrected chi connectivity index (χ4v) is 15.5. The van der Waals surface area contributed by atoms with Crippen molar-refractivity contribution in [2.24, 2.45) is 0 Å². The Labute approximate surface area is 191 Å². The van der Waals surface area contributed by atoms with Crippen molar-refractivity contribution in [1.29, 1.82) is 0 Å². The van der Waals surface area contributed by atoms with Gasteiger partial charge in [0.05, 0.1) is 0 Å². The number of carbonyl (C=O) groups is 1. The Morgan fingerprint density at radius 3 is 2.19 bits per heavy atom. The van der Waals surface area contributed by atoms with Gasteiger partial charge in [0, 0.05) is 23.5 Å². The average Bonchev–Trinajstić information content (AvgIpc) is 2.95. The summed E-state index contributed by atoms with van der Waals surface area (Å²) in [6, 6.07) is 1.46. The van der Waals surface area contributed by atoms with Gasteiger partial charge in [-0.15, -0.1) is 11.2 Å². The zero-order chi connectivity index (χ0) is 23.3. The smallest absolute Gasteiger partial charge is 0.410 e. The molecule has 1 fully saturated rings. The molecule has 2 aliphatic rings. The predicted molar refractivity (Wildman–Crippen MR) is 126 cm³/mol. The standard InChI is InChI=1S/C24H37F2NO2SSi/c1-14(2)31(15(3)4)16(5)18-13-19(25)21(26)20(22(18)30-31)17-9-11-27(12-10-17)23(28)29-24(6,7)8/h13-17H,9-12H2,1-8H3. The van der Waals surface area contributed by atoms with Crippen LogP contribution in [0, 0.1) is 11.6 Å². The third-order valence-corrected chi connectivity index (χ3v) is 18.9. The van der Waals surface area contributed by atoms with Gasteiger partial charge in [-0.3, -0.25) is 0 Å². The van der Waals surface area contributed by atoms with Crippen molar-refractivity contribution >= 4 is 24.5 Å². The third-order valence-electron chi connectivity index (χ3n) is 7.02. The van der Waals surface area contributed by atoms with Gasteiger partial charge in [-0.25, -0.2) is 13.6 Å². The Morgan fingerprint density at radius 1 is 1.16 bits per heavy atom. The second-order valence-corrected chi connectivity index (χ2v) is 19.0.